The van der Waals surface area contributed by atoms with E-state index in [0.717, 1.165) is 5.56 Å². The molecule has 35 heavy (non-hydrogen) atoms. The maximum Gasteiger partial charge on any atom is 0.291 e. The van der Waals surface area contributed by atoms with Gasteiger partial charge in [-0.1, -0.05) is 12.1 Å². The van der Waals surface area contributed by atoms with Gasteiger partial charge in [0.15, 0.2) is 17.3 Å². The Morgan fingerprint density at radius 1 is 0.857 bits per heavy atom. The number of furan rings is 1. The van der Waals surface area contributed by atoms with Crippen molar-refractivity contribution < 1.29 is 28.2 Å². The molecule has 2 amide bonds. The summed E-state index contributed by atoms with van der Waals surface area (Å²) in [4.78, 5) is 25.1. The van der Waals surface area contributed by atoms with E-state index < -0.39 is 5.91 Å². The van der Waals surface area contributed by atoms with Gasteiger partial charge in [-0.25, -0.2) is 5.43 Å². The summed E-state index contributed by atoms with van der Waals surface area (Å²) in [6.45, 7) is 8.55. The Bertz CT molecular complexity index is 1160. The Hall–Kier alpha value is -4.27. The van der Waals surface area contributed by atoms with Gasteiger partial charge in [0.25, 0.3) is 11.8 Å². The van der Waals surface area contributed by atoms with Crippen molar-refractivity contribution in [3.63, 3.8) is 0 Å². The standard InChI is InChI=1S/C26H29N3O6/c1-5-32-22-15-19(16-23(33-6-2)24(22)34-7-3)25(30)29-28-17(4)18-10-8-11-20(14-18)27-26(31)21-12-9-13-35-21/h8-16H,5-7H2,1-4H3,(H,27,31)(H,29,30). The third-order valence-electron chi connectivity index (χ3n) is 4.78. The fourth-order valence-electron chi connectivity index (χ4n) is 3.21. The molecule has 2 N–H and O–H groups in total. The van der Waals surface area contributed by atoms with E-state index in [-0.39, 0.29) is 11.7 Å². The number of carbonyl (C=O) groups is 2. The maximum atomic E-state index is 12.9. The molecule has 0 fully saturated rings. The first-order valence-electron chi connectivity index (χ1n) is 11.3. The lowest BCUT2D eigenvalue weighted by atomic mass is 10.1. The highest BCUT2D eigenvalue weighted by molar-refractivity contribution is 6.04. The number of nitrogens with zero attached hydrogens (tertiary/aromatic N) is 1. The minimum absolute atomic E-state index is 0.209. The van der Waals surface area contributed by atoms with Gasteiger partial charge in [-0.15, -0.1) is 0 Å². The number of hydrazone groups is 1. The summed E-state index contributed by atoms with van der Waals surface area (Å²) < 4.78 is 22.1. The molecule has 9 nitrogen and oxygen atoms in total. The first-order valence-corrected chi connectivity index (χ1v) is 11.3. The monoisotopic (exact) mass is 479 g/mol. The molecule has 3 rings (SSSR count). The van der Waals surface area contributed by atoms with Crippen LogP contribution in [0.1, 0.15) is 54.2 Å². The Balaban J connectivity index is 1.77. The Morgan fingerprint density at radius 3 is 2.14 bits per heavy atom. The number of carbonyl (C=O) groups excluding carboxylic acids is 2. The van der Waals surface area contributed by atoms with Crippen molar-refractivity contribution in [1.29, 1.82) is 0 Å². The zero-order valence-corrected chi connectivity index (χ0v) is 20.2. The molecule has 0 atom stereocenters. The smallest absolute Gasteiger partial charge is 0.291 e. The summed E-state index contributed by atoms with van der Waals surface area (Å²) >= 11 is 0. The van der Waals surface area contributed by atoms with Crippen LogP contribution in [0.5, 0.6) is 17.2 Å². The van der Waals surface area contributed by atoms with Crippen LogP contribution in [-0.2, 0) is 0 Å². The van der Waals surface area contributed by atoms with E-state index in [1.54, 1.807) is 49.4 Å². The second kappa shape index (κ2) is 12.3. The van der Waals surface area contributed by atoms with Crippen LogP contribution in [0.25, 0.3) is 0 Å². The van der Waals surface area contributed by atoms with Crippen LogP contribution in [0.15, 0.2) is 64.3 Å². The van der Waals surface area contributed by atoms with Crippen LogP contribution in [-0.4, -0.2) is 37.3 Å². The van der Waals surface area contributed by atoms with Crippen LogP contribution < -0.4 is 25.0 Å². The largest absolute Gasteiger partial charge is 0.490 e. The molecule has 1 heterocycles. The van der Waals surface area contributed by atoms with Gasteiger partial charge in [0.2, 0.25) is 5.75 Å². The van der Waals surface area contributed by atoms with Crippen LogP contribution in [0.4, 0.5) is 5.69 Å². The minimum atomic E-state index is -0.434. The third kappa shape index (κ3) is 6.63. The van der Waals surface area contributed by atoms with Gasteiger partial charge in [0.1, 0.15) is 0 Å². The van der Waals surface area contributed by atoms with Crippen molar-refractivity contribution >= 4 is 23.2 Å². The van der Waals surface area contributed by atoms with Gasteiger partial charge in [0.05, 0.1) is 31.8 Å². The number of hydrogen-bond acceptors (Lipinski definition) is 7. The SMILES string of the molecule is CCOc1cc(C(=O)NN=C(C)c2cccc(NC(=O)c3ccco3)c2)cc(OCC)c1OCC. The average molecular weight is 480 g/mol. The normalized spacial score (nSPS) is 11.0. The summed E-state index contributed by atoms with van der Waals surface area (Å²) in [6, 6.07) is 13.5. The van der Waals surface area contributed by atoms with Crippen molar-refractivity contribution in [2.45, 2.75) is 27.7 Å². The maximum absolute atomic E-state index is 12.9. The van der Waals surface area contributed by atoms with Crippen LogP contribution in [0, 0.1) is 0 Å². The first-order chi connectivity index (χ1) is 17.0. The highest BCUT2D eigenvalue weighted by atomic mass is 16.5. The predicted molar refractivity (Wildman–Crippen MR) is 133 cm³/mol. The van der Waals surface area contributed by atoms with E-state index in [1.807, 2.05) is 26.8 Å². The highest BCUT2D eigenvalue weighted by Gasteiger charge is 2.18. The fourth-order valence-corrected chi connectivity index (χ4v) is 3.21. The molecule has 3 aromatic rings. The zero-order chi connectivity index (χ0) is 25.2. The van der Waals surface area contributed by atoms with E-state index in [1.165, 1.54) is 6.26 Å². The van der Waals surface area contributed by atoms with Crippen LogP contribution >= 0.6 is 0 Å². The minimum Gasteiger partial charge on any atom is -0.490 e. The molecule has 1 aromatic heterocycles. The Labute approximate surface area is 204 Å². The number of rotatable bonds is 11. The number of hydrogen-bond donors (Lipinski definition) is 2. The number of amides is 2. The molecule has 0 spiro atoms. The summed E-state index contributed by atoms with van der Waals surface area (Å²) in [5, 5.41) is 6.99. The molecule has 0 unspecified atom stereocenters. The molecular formula is C26H29N3O6. The van der Waals surface area contributed by atoms with Gasteiger partial charge in [-0.05, 0) is 69.7 Å². The molecule has 0 aliphatic heterocycles. The first kappa shape index (κ1) is 25.4. The summed E-state index contributed by atoms with van der Waals surface area (Å²) in [5.41, 5.74) is 4.72. The third-order valence-corrected chi connectivity index (χ3v) is 4.78. The lowest BCUT2D eigenvalue weighted by Gasteiger charge is -2.16. The van der Waals surface area contributed by atoms with Gasteiger partial charge >= 0.3 is 0 Å². The number of benzene rings is 2. The molecule has 184 valence electrons. The van der Waals surface area contributed by atoms with E-state index in [9.17, 15) is 9.59 Å². The average Bonchev–Trinajstić information content (AvgIpc) is 3.40. The second-order valence-electron chi connectivity index (χ2n) is 7.25. The molecule has 0 radical (unpaired) electrons. The van der Waals surface area contributed by atoms with Crippen LogP contribution in [0.3, 0.4) is 0 Å². The lowest BCUT2D eigenvalue weighted by Crippen LogP contribution is -2.20. The van der Waals surface area contributed by atoms with Gasteiger partial charge < -0.3 is 23.9 Å². The Kier molecular flexibility index (Phi) is 8.89. The van der Waals surface area contributed by atoms with Crippen molar-refractivity contribution in [2.24, 2.45) is 5.10 Å². The number of nitrogens with one attached hydrogen (secondary N) is 2. The molecule has 2 aromatic carbocycles. The Morgan fingerprint density at radius 2 is 1.54 bits per heavy atom. The summed E-state index contributed by atoms with van der Waals surface area (Å²) in [5.74, 6) is 0.719. The fraction of sp³-hybridized carbons (Fsp3) is 0.269. The van der Waals surface area contributed by atoms with Crippen molar-refractivity contribution in [3.05, 3.63) is 71.7 Å². The van der Waals surface area contributed by atoms with Gasteiger partial charge in [0, 0.05) is 11.3 Å². The lowest BCUT2D eigenvalue weighted by molar-refractivity contribution is 0.0952. The van der Waals surface area contributed by atoms with E-state index >= 15 is 0 Å². The second-order valence-corrected chi connectivity index (χ2v) is 7.25. The van der Waals surface area contributed by atoms with Crippen molar-refractivity contribution in [3.8, 4) is 17.2 Å². The van der Waals surface area contributed by atoms with E-state index in [0.29, 0.717) is 54.0 Å². The zero-order valence-electron chi connectivity index (χ0n) is 20.2. The predicted octanol–water partition coefficient (Wildman–Crippen LogP) is 4.88. The van der Waals surface area contributed by atoms with Crippen molar-refractivity contribution in [1.82, 2.24) is 5.43 Å². The number of ether oxygens (including phenoxy) is 3. The highest BCUT2D eigenvalue weighted by Crippen LogP contribution is 2.39. The summed E-state index contributed by atoms with van der Waals surface area (Å²) in [7, 11) is 0. The molecular weight excluding hydrogens is 450 g/mol. The molecule has 0 aliphatic rings. The van der Waals surface area contributed by atoms with E-state index in [2.05, 4.69) is 15.8 Å². The van der Waals surface area contributed by atoms with Gasteiger partial charge in [-0.2, -0.15) is 5.10 Å². The molecule has 0 saturated carbocycles. The quantitative estimate of drug-likeness (QED) is 0.299. The molecule has 9 heteroatoms. The molecule has 0 saturated heterocycles. The number of anilines is 1. The molecule has 0 aliphatic carbocycles. The van der Waals surface area contributed by atoms with Gasteiger partial charge in [-0.3, -0.25) is 9.59 Å². The topological polar surface area (TPSA) is 111 Å². The molecule has 0 bridgehead atoms. The van der Waals surface area contributed by atoms with Crippen molar-refractivity contribution in [2.75, 3.05) is 25.1 Å². The summed E-state index contributed by atoms with van der Waals surface area (Å²) in [6.07, 6.45) is 1.43. The van der Waals surface area contributed by atoms with E-state index in [4.69, 9.17) is 18.6 Å². The van der Waals surface area contributed by atoms with Crippen LogP contribution in [0.2, 0.25) is 0 Å².